The summed E-state index contributed by atoms with van der Waals surface area (Å²) < 4.78 is 0. The minimum atomic E-state index is -0.237. The Hall–Kier alpha value is -3.21. The van der Waals surface area contributed by atoms with Crippen LogP contribution >= 0.6 is 0 Å². The van der Waals surface area contributed by atoms with Crippen LogP contribution in [0.25, 0.3) is 0 Å². The molecule has 132 valence electrons. The van der Waals surface area contributed by atoms with Gasteiger partial charge in [-0.05, 0) is 37.1 Å². The Kier molecular flexibility index (Phi) is 5.27. The standard InChI is InChI=1S/C21H22N4O/c1-4-16-10-8-9-13-18(16)24-21(26)19-14-20(23-15(2)22-19)25(3)17-11-6-5-7-12-17/h5-14H,4H2,1-3H3,(H,24,26). The predicted molar refractivity (Wildman–Crippen MR) is 105 cm³/mol. The highest BCUT2D eigenvalue weighted by Crippen LogP contribution is 2.22. The molecular weight excluding hydrogens is 324 g/mol. The summed E-state index contributed by atoms with van der Waals surface area (Å²) >= 11 is 0. The normalized spacial score (nSPS) is 10.4. The molecule has 2 aromatic carbocycles. The van der Waals surface area contributed by atoms with Crippen molar-refractivity contribution in [3.8, 4) is 0 Å². The topological polar surface area (TPSA) is 58.1 Å². The second kappa shape index (κ2) is 7.78. The average Bonchev–Trinajstić information content (AvgIpc) is 2.68. The van der Waals surface area contributed by atoms with E-state index in [0.29, 0.717) is 17.3 Å². The first-order chi connectivity index (χ1) is 12.6. The largest absolute Gasteiger partial charge is 0.329 e. The van der Waals surface area contributed by atoms with E-state index in [0.717, 1.165) is 23.4 Å². The van der Waals surface area contributed by atoms with Gasteiger partial charge < -0.3 is 10.2 Å². The Labute approximate surface area is 153 Å². The van der Waals surface area contributed by atoms with Crippen molar-refractivity contribution in [1.82, 2.24) is 9.97 Å². The zero-order valence-corrected chi connectivity index (χ0v) is 15.2. The lowest BCUT2D eigenvalue weighted by Gasteiger charge is -2.19. The Balaban J connectivity index is 1.88. The molecule has 1 heterocycles. The molecule has 0 bridgehead atoms. The highest BCUT2D eigenvalue weighted by Gasteiger charge is 2.14. The van der Waals surface area contributed by atoms with Gasteiger partial charge in [0, 0.05) is 24.5 Å². The maximum absolute atomic E-state index is 12.7. The van der Waals surface area contributed by atoms with Gasteiger partial charge >= 0.3 is 0 Å². The fourth-order valence-electron chi connectivity index (χ4n) is 2.76. The monoisotopic (exact) mass is 346 g/mol. The van der Waals surface area contributed by atoms with Gasteiger partial charge in [-0.3, -0.25) is 4.79 Å². The Bertz CT molecular complexity index is 909. The third kappa shape index (κ3) is 3.88. The van der Waals surface area contributed by atoms with Crippen LogP contribution in [-0.2, 0) is 6.42 Å². The maximum atomic E-state index is 12.7. The second-order valence-electron chi connectivity index (χ2n) is 6.02. The van der Waals surface area contributed by atoms with Crippen LogP contribution in [-0.4, -0.2) is 22.9 Å². The van der Waals surface area contributed by atoms with Crippen molar-refractivity contribution < 1.29 is 4.79 Å². The summed E-state index contributed by atoms with van der Waals surface area (Å²) in [6.45, 7) is 3.85. The Morgan fingerprint density at radius 1 is 1.04 bits per heavy atom. The van der Waals surface area contributed by atoms with Gasteiger partial charge in [-0.1, -0.05) is 43.3 Å². The molecule has 1 N–H and O–H groups in total. The Morgan fingerprint density at radius 2 is 1.73 bits per heavy atom. The lowest BCUT2D eigenvalue weighted by atomic mass is 10.1. The van der Waals surface area contributed by atoms with Gasteiger partial charge in [0.1, 0.15) is 17.3 Å². The molecule has 0 saturated carbocycles. The molecule has 0 aliphatic carbocycles. The number of aromatic nitrogens is 2. The van der Waals surface area contributed by atoms with Gasteiger partial charge in [-0.15, -0.1) is 0 Å². The molecule has 0 aliphatic heterocycles. The van der Waals surface area contributed by atoms with E-state index < -0.39 is 0 Å². The number of nitrogens with zero attached hydrogens (tertiary/aromatic N) is 3. The second-order valence-corrected chi connectivity index (χ2v) is 6.02. The fraction of sp³-hybridized carbons (Fsp3) is 0.190. The van der Waals surface area contributed by atoms with E-state index in [4.69, 9.17) is 0 Å². The number of carbonyl (C=O) groups excluding carboxylic acids is 1. The molecule has 0 saturated heterocycles. The summed E-state index contributed by atoms with van der Waals surface area (Å²) in [5.74, 6) is 0.996. The van der Waals surface area contributed by atoms with Gasteiger partial charge in [-0.25, -0.2) is 9.97 Å². The smallest absolute Gasteiger partial charge is 0.274 e. The summed E-state index contributed by atoms with van der Waals surface area (Å²) in [4.78, 5) is 23.4. The van der Waals surface area contributed by atoms with Crippen LogP contribution < -0.4 is 10.2 Å². The SMILES string of the molecule is CCc1ccccc1NC(=O)c1cc(N(C)c2ccccc2)nc(C)n1. The highest BCUT2D eigenvalue weighted by atomic mass is 16.1. The van der Waals surface area contributed by atoms with E-state index in [1.165, 1.54) is 0 Å². The van der Waals surface area contributed by atoms with Crippen molar-refractivity contribution >= 4 is 23.1 Å². The number of amides is 1. The zero-order chi connectivity index (χ0) is 18.5. The number of nitrogens with one attached hydrogen (secondary N) is 1. The van der Waals surface area contributed by atoms with Crippen molar-refractivity contribution in [3.63, 3.8) is 0 Å². The molecule has 5 nitrogen and oxygen atoms in total. The summed E-state index contributed by atoms with van der Waals surface area (Å²) in [6.07, 6.45) is 0.848. The average molecular weight is 346 g/mol. The number of rotatable bonds is 5. The van der Waals surface area contributed by atoms with Gasteiger partial charge in [0.25, 0.3) is 5.91 Å². The van der Waals surface area contributed by atoms with Crippen molar-refractivity contribution in [1.29, 1.82) is 0 Å². The molecule has 3 rings (SSSR count). The molecular formula is C21H22N4O. The van der Waals surface area contributed by atoms with Gasteiger partial charge in [0.15, 0.2) is 0 Å². The highest BCUT2D eigenvalue weighted by molar-refractivity contribution is 6.03. The first kappa shape index (κ1) is 17.6. The number of anilines is 3. The molecule has 0 fully saturated rings. The molecule has 5 heteroatoms. The fourth-order valence-corrected chi connectivity index (χ4v) is 2.76. The molecule has 0 radical (unpaired) electrons. The van der Waals surface area contributed by atoms with Crippen LogP contribution in [0.2, 0.25) is 0 Å². The van der Waals surface area contributed by atoms with Crippen molar-refractivity contribution in [2.45, 2.75) is 20.3 Å². The third-order valence-corrected chi connectivity index (χ3v) is 4.19. The van der Waals surface area contributed by atoms with Crippen LogP contribution in [0.4, 0.5) is 17.2 Å². The van der Waals surface area contributed by atoms with E-state index in [2.05, 4.69) is 22.2 Å². The van der Waals surface area contributed by atoms with E-state index in [1.807, 2.05) is 66.5 Å². The Morgan fingerprint density at radius 3 is 2.46 bits per heavy atom. The minimum Gasteiger partial charge on any atom is -0.329 e. The first-order valence-corrected chi connectivity index (χ1v) is 8.62. The number of hydrogen-bond acceptors (Lipinski definition) is 4. The van der Waals surface area contributed by atoms with Crippen LogP contribution in [0.15, 0.2) is 60.7 Å². The molecule has 3 aromatic rings. The predicted octanol–water partition coefficient (Wildman–Crippen LogP) is 4.37. The van der Waals surface area contributed by atoms with Crippen molar-refractivity contribution in [3.05, 3.63) is 77.7 Å². The van der Waals surface area contributed by atoms with Crippen LogP contribution in [0.3, 0.4) is 0 Å². The number of para-hydroxylation sites is 2. The molecule has 1 aromatic heterocycles. The summed E-state index contributed by atoms with van der Waals surface area (Å²) in [5, 5.41) is 2.96. The van der Waals surface area contributed by atoms with E-state index in [1.54, 1.807) is 13.0 Å². The number of carbonyl (C=O) groups is 1. The van der Waals surface area contributed by atoms with Crippen molar-refractivity contribution in [2.75, 3.05) is 17.3 Å². The van der Waals surface area contributed by atoms with Crippen LogP contribution in [0.5, 0.6) is 0 Å². The zero-order valence-electron chi connectivity index (χ0n) is 15.2. The summed E-state index contributed by atoms with van der Waals surface area (Å²) in [7, 11) is 1.92. The third-order valence-electron chi connectivity index (χ3n) is 4.19. The molecule has 26 heavy (non-hydrogen) atoms. The van der Waals surface area contributed by atoms with Crippen LogP contribution in [0.1, 0.15) is 28.8 Å². The maximum Gasteiger partial charge on any atom is 0.274 e. The van der Waals surface area contributed by atoms with Crippen molar-refractivity contribution in [2.24, 2.45) is 0 Å². The number of hydrogen-bond donors (Lipinski definition) is 1. The van der Waals surface area contributed by atoms with E-state index in [9.17, 15) is 4.79 Å². The number of benzene rings is 2. The van der Waals surface area contributed by atoms with E-state index in [-0.39, 0.29) is 5.91 Å². The molecule has 0 spiro atoms. The summed E-state index contributed by atoms with van der Waals surface area (Å²) in [5.41, 5.74) is 3.25. The lowest BCUT2D eigenvalue weighted by molar-refractivity contribution is 0.102. The van der Waals surface area contributed by atoms with E-state index >= 15 is 0 Å². The number of aryl methyl sites for hydroxylation is 2. The quantitative estimate of drug-likeness (QED) is 0.745. The minimum absolute atomic E-state index is 0.237. The molecule has 1 amide bonds. The van der Waals surface area contributed by atoms with Gasteiger partial charge in [-0.2, -0.15) is 0 Å². The molecule has 0 atom stereocenters. The lowest BCUT2D eigenvalue weighted by Crippen LogP contribution is -2.18. The first-order valence-electron chi connectivity index (χ1n) is 8.62. The molecule has 0 unspecified atom stereocenters. The van der Waals surface area contributed by atoms with Crippen LogP contribution in [0, 0.1) is 6.92 Å². The van der Waals surface area contributed by atoms with Gasteiger partial charge in [0.2, 0.25) is 0 Å². The molecule has 0 aliphatic rings. The van der Waals surface area contributed by atoms with Gasteiger partial charge in [0.05, 0.1) is 0 Å². The summed E-state index contributed by atoms with van der Waals surface area (Å²) in [6, 6.07) is 19.4.